The number of hydrogen-bond acceptors (Lipinski definition) is 4. The third-order valence-corrected chi connectivity index (χ3v) is 5.09. The Bertz CT molecular complexity index is 684. The van der Waals surface area contributed by atoms with Gasteiger partial charge >= 0.3 is 0 Å². The number of unbranched alkanes of at least 4 members (excludes halogenated alkanes) is 1. The number of likely N-dealkylation sites (N-methyl/N-ethyl adjacent to an activating group) is 1. The number of rotatable bonds is 10. The van der Waals surface area contributed by atoms with Crippen LogP contribution >= 0.6 is 11.3 Å². The van der Waals surface area contributed by atoms with Gasteiger partial charge in [0.2, 0.25) is 11.8 Å². The molecule has 140 valence electrons. The third kappa shape index (κ3) is 6.28. The van der Waals surface area contributed by atoms with Crippen LogP contribution in [-0.4, -0.2) is 32.0 Å². The predicted octanol–water partition coefficient (Wildman–Crippen LogP) is 2.63. The van der Waals surface area contributed by atoms with Crippen LogP contribution in [0.1, 0.15) is 41.8 Å². The van der Waals surface area contributed by atoms with E-state index >= 15 is 0 Å². The van der Waals surface area contributed by atoms with Gasteiger partial charge in [-0.25, -0.2) is 0 Å². The zero-order valence-corrected chi connectivity index (χ0v) is 16.2. The van der Waals surface area contributed by atoms with Crippen LogP contribution in [0.15, 0.2) is 41.8 Å². The van der Waals surface area contributed by atoms with Crippen molar-refractivity contribution in [3.05, 3.63) is 57.8 Å². The molecular formula is C20H27N3O2S. The fourth-order valence-corrected chi connectivity index (χ4v) is 3.45. The minimum absolute atomic E-state index is 0.00714. The lowest BCUT2D eigenvalue weighted by Gasteiger charge is -2.18. The molecule has 0 bridgehead atoms. The van der Waals surface area contributed by atoms with Gasteiger partial charge in [-0.3, -0.25) is 14.9 Å². The van der Waals surface area contributed by atoms with E-state index in [9.17, 15) is 9.59 Å². The van der Waals surface area contributed by atoms with Gasteiger partial charge < -0.3 is 10.6 Å². The second kappa shape index (κ2) is 10.7. The zero-order valence-electron chi connectivity index (χ0n) is 15.4. The van der Waals surface area contributed by atoms with Crippen molar-refractivity contribution in [3.63, 3.8) is 0 Å². The van der Waals surface area contributed by atoms with Gasteiger partial charge in [0.05, 0.1) is 19.1 Å². The quantitative estimate of drug-likeness (QED) is 0.600. The van der Waals surface area contributed by atoms with Gasteiger partial charge in [-0.15, -0.1) is 11.3 Å². The minimum Gasteiger partial charge on any atom is -0.358 e. The van der Waals surface area contributed by atoms with Crippen molar-refractivity contribution in [1.29, 1.82) is 0 Å². The lowest BCUT2D eigenvalue weighted by Crippen LogP contribution is -2.40. The topological polar surface area (TPSA) is 70.2 Å². The maximum atomic E-state index is 12.0. The normalized spacial score (nSPS) is 11.8. The summed E-state index contributed by atoms with van der Waals surface area (Å²) in [5, 5.41) is 10.4. The lowest BCUT2D eigenvalue weighted by atomic mass is 10.0. The van der Waals surface area contributed by atoms with Gasteiger partial charge in [0.15, 0.2) is 0 Å². The van der Waals surface area contributed by atoms with Crippen LogP contribution < -0.4 is 16.0 Å². The molecule has 0 radical (unpaired) electrons. The fourth-order valence-electron chi connectivity index (χ4n) is 2.62. The first kappa shape index (κ1) is 20.1. The van der Waals surface area contributed by atoms with Gasteiger partial charge in [-0.2, -0.15) is 0 Å². The first-order valence-corrected chi connectivity index (χ1v) is 9.85. The molecule has 26 heavy (non-hydrogen) atoms. The van der Waals surface area contributed by atoms with E-state index in [-0.39, 0.29) is 30.9 Å². The summed E-state index contributed by atoms with van der Waals surface area (Å²) >= 11 is 1.66. The van der Waals surface area contributed by atoms with Gasteiger partial charge in [0, 0.05) is 11.9 Å². The van der Waals surface area contributed by atoms with Crippen LogP contribution in [0.2, 0.25) is 0 Å². The summed E-state index contributed by atoms with van der Waals surface area (Å²) in [5.74, 6) is -0.412. The number of amides is 2. The standard InChI is InChI=1S/C20H27N3O2S/c1-3-4-6-15-8-10-16(11-9-15)20(17-7-5-12-26-17)23-14-19(25)22-13-18(24)21-2/h5,7-12,20,23H,3-4,6,13-14H2,1-2H3,(H,21,24)(H,22,25)/t20-/m1/s1. The van der Waals surface area contributed by atoms with Crippen molar-refractivity contribution in [2.24, 2.45) is 0 Å². The third-order valence-electron chi connectivity index (χ3n) is 4.15. The van der Waals surface area contributed by atoms with Gasteiger partial charge in [0.1, 0.15) is 0 Å². The number of benzene rings is 1. The second-order valence-corrected chi connectivity index (χ2v) is 7.10. The maximum absolute atomic E-state index is 12.0. The Morgan fingerprint density at radius 3 is 2.46 bits per heavy atom. The zero-order chi connectivity index (χ0) is 18.8. The van der Waals surface area contributed by atoms with Gasteiger partial charge in [-0.05, 0) is 35.4 Å². The van der Waals surface area contributed by atoms with Crippen LogP contribution in [-0.2, 0) is 16.0 Å². The van der Waals surface area contributed by atoms with Gasteiger partial charge in [0.25, 0.3) is 0 Å². The molecule has 0 unspecified atom stereocenters. The highest BCUT2D eigenvalue weighted by atomic mass is 32.1. The van der Waals surface area contributed by atoms with Crippen molar-refractivity contribution >= 4 is 23.2 Å². The molecule has 6 heteroatoms. The summed E-state index contributed by atoms with van der Waals surface area (Å²) in [5.41, 5.74) is 2.47. The number of carbonyl (C=O) groups excluding carboxylic acids is 2. The van der Waals surface area contributed by atoms with E-state index in [0.717, 1.165) is 16.9 Å². The molecule has 2 amide bonds. The van der Waals surface area contributed by atoms with E-state index in [1.54, 1.807) is 18.4 Å². The highest BCUT2D eigenvalue weighted by Gasteiger charge is 2.16. The summed E-state index contributed by atoms with van der Waals surface area (Å²) in [6, 6.07) is 12.6. The molecule has 5 nitrogen and oxygen atoms in total. The van der Waals surface area contributed by atoms with E-state index in [2.05, 4.69) is 53.2 Å². The smallest absolute Gasteiger partial charge is 0.239 e. The van der Waals surface area contributed by atoms with E-state index in [4.69, 9.17) is 0 Å². The van der Waals surface area contributed by atoms with Crippen LogP contribution in [0.4, 0.5) is 0 Å². The molecule has 1 heterocycles. The van der Waals surface area contributed by atoms with Crippen molar-refractivity contribution in [2.75, 3.05) is 20.1 Å². The minimum atomic E-state index is -0.212. The molecule has 1 aromatic heterocycles. The molecule has 0 aliphatic heterocycles. The highest BCUT2D eigenvalue weighted by Crippen LogP contribution is 2.26. The number of aryl methyl sites for hydroxylation is 1. The fraction of sp³-hybridized carbons (Fsp3) is 0.400. The molecule has 0 saturated heterocycles. The van der Waals surface area contributed by atoms with Crippen molar-refractivity contribution in [1.82, 2.24) is 16.0 Å². The SMILES string of the molecule is CCCCc1ccc([C@@H](NCC(=O)NCC(=O)NC)c2cccs2)cc1. The summed E-state index contributed by atoms with van der Waals surface area (Å²) in [6.07, 6.45) is 3.47. The Kier molecular flexibility index (Phi) is 8.31. The molecule has 0 spiro atoms. The summed E-state index contributed by atoms with van der Waals surface area (Å²) in [4.78, 5) is 24.4. The Balaban J connectivity index is 2.00. The second-order valence-electron chi connectivity index (χ2n) is 6.12. The van der Waals surface area contributed by atoms with Crippen LogP contribution in [0.3, 0.4) is 0 Å². The molecule has 1 atom stereocenters. The molecule has 0 fully saturated rings. The first-order chi connectivity index (χ1) is 12.6. The molecule has 3 N–H and O–H groups in total. The number of nitrogens with one attached hydrogen (secondary N) is 3. The average Bonchev–Trinajstić information content (AvgIpc) is 3.20. The maximum Gasteiger partial charge on any atom is 0.239 e. The molecule has 2 rings (SSSR count). The van der Waals surface area contributed by atoms with Crippen LogP contribution in [0, 0.1) is 0 Å². The van der Waals surface area contributed by atoms with Crippen molar-refractivity contribution < 1.29 is 9.59 Å². The Morgan fingerprint density at radius 2 is 1.85 bits per heavy atom. The Morgan fingerprint density at radius 1 is 1.08 bits per heavy atom. The largest absolute Gasteiger partial charge is 0.358 e. The Hall–Kier alpha value is -2.18. The van der Waals surface area contributed by atoms with Gasteiger partial charge in [-0.1, -0.05) is 43.7 Å². The highest BCUT2D eigenvalue weighted by molar-refractivity contribution is 7.10. The number of hydrogen-bond donors (Lipinski definition) is 3. The predicted molar refractivity (Wildman–Crippen MR) is 106 cm³/mol. The van der Waals surface area contributed by atoms with Crippen LogP contribution in [0.5, 0.6) is 0 Å². The molecule has 2 aromatic rings. The summed E-state index contributed by atoms with van der Waals surface area (Å²) in [6.45, 7) is 2.34. The average molecular weight is 374 g/mol. The van der Waals surface area contributed by atoms with Crippen molar-refractivity contribution in [2.45, 2.75) is 32.2 Å². The molecule has 0 aliphatic rings. The molecule has 1 aromatic carbocycles. The van der Waals surface area contributed by atoms with E-state index in [0.29, 0.717) is 0 Å². The number of carbonyl (C=O) groups is 2. The lowest BCUT2D eigenvalue weighted by molar-refractivity contribution is -0.125. The summed E-state index contributed by atoms with van der Waals surface area (Å²) < 4.78 is 0. The monoisotopic (exact) mass is 373 g/mol. The number of thiophene rings is 1. The van der Waals surface area contributed by atoms with E-state index < -0.39 is 0 Å². The van der Waals surface area contributed by atoms with Crippen LogP contribution in [0.25, 0.3) is 0 Å². The van der Waals surface area contributed by atoms with E-state index in [1.807, 2.05) is 11.4 Å². The van der Waals surface area contributed by atoms with Crippen molar-refractivity contribution in [3.8, 4) is 0 Å². The molecular weight excluding hydrogens is 346 g/mol. The molecule has 0 saturated carbocycles. The first-order valence-electron chi connectivity index (χ1n) is 8.97. The molecule has 0 aliphatic carbocycles. The summed E-state index contributed by atoms with van der Waals surface area (Å²) in [7, 11) is 1.55. The van der Waals surface area contributed by atoms with E-state index in [1.165, 1.54) is 18.4 Å². The Labute approximate surface area is 159 Å².